The molecule has 0 fully saturated rings. The largest absolute Gasteiger partial charge is 0.618 e. The summed E-state index contributed by atoms with van der Waals surface area (Å²) in [6.07, 6.45) is 0. The van der Waals surface area contributed by atoms with E-state index in [0.717, 1.165) is 0 Å². The van der Waals surface area contributed by atoms with Crippen LogP contribution in [0.3, 0.4) is 0 Å². The molecule has 0 atom stereocenters. The Kier molecular flexibility index (Phi) is 49.4. The van der Waals surface area contributed by atoms with Gasteiger partial charge in [0, 0.05) is 0 Å². The van der Waals surface area contributed by atoms with Crippen LogP contribution in [0.4, 0.5) is 0 Å². The van der Waals surface area contributed by atoms with Gasteiger partial charge in [-0.25, -0.2) is 0 Å². The molecule has 24 valence electrons. The molecule has 0 aliphatic carbocycles. The molecule has 0 aliphatic heterocycles. The molecule has 0 nitrogen and oxygen atoms in total. The van der Waals surface area contributed by atoms with Gasteiger partial charge in [-0.15, -0.1) is 0 Å². The molecule has 0 amide bonds. The van der Waals surface area contributed by atoms with Crippen LogP contribution >= 0.6 is 18.1 Å². The van der Waals surface area contributed by atoms with E-state index in [1.54, 1.807) is 0 Å². The van der Waals surface area contributed by atoms with Gasteiger partial charge in [-0.1, -0.05) is 0 Å². The molecular weight excluding hydrogens is 160 g/mol. The summed E-state index contributed by atoms with van der Waals surface area (Å²) >= 11 is -0.639. The van der Waals surface area contributed by atoms with Gasteiger partial charge < -0.3 is 18.1 Å². The average molecular weight is 164 g/mol. The Morgan fingerprint density at radius 3 is 1.20 bits per heavy atom. The topological polar surface area (TPSA) is 0 Å². The van der Waals surface area contributed by atoms with Gasteiger partial charge in [0.05, 0.1) is 0 Å². The standard InChI is InChI=1S/Ca.2ClH.2Mg.4H/h;2*1H;;;;;;/q;;;;+2;;;;/p-2. The maximum atomic E-state index is 4.90. The summed E-state index contributed by atoms with van der Waals surface area (Å²) < 4.78 is 0. The van der Waals surface area contributed by atoms with Crippen LogP contribution in [0, 0.1) is 0 Å². The van der Waals surface area contributed by atoms with Crippen molar-refractivity contribution in [2.24, 2.45) is 0 Å². The summed E-state index contributed by atoms with van der Waals surface area (Å²) in [6, 6.07) is 0. The van der Waals surface area contributed by atoms with E-state index in [9.17, 15) is 0 Å². The van der Waals surface area contributed by atoms with Crippen molar-refractivity contribution in [3.8, 4) is 0 Å². The molecule has 0 aromatic rings. The fourth-order valence-corrected chi connectivity index (χ4v) is 0. The molecular formula is H4CaCl2Mg2. The molecule has 0 aromatic heterocycles. The van der Waals surface area contributed by atoms with Crippen LogP contribution in [0.5, 0.6) is 0 Å². The van der Waals surface area contributed by atoms with E-state index in [0.29, 0.717) is 0 Å². The second-order valence-electron chi connectivity index (χ2n) is 0.101. The SMILES string of the molecule is [CaH2].[Cl][Mg][Cl].[MgH2]. The summed E-state index contributed by atoms with van der Waals surface area (Å²) in [5, 5.41) is 0. The summed E-state index contributed by atoms with van der Waals surface area (Å²) in [4.78, 5) is 0. The predicted molar refractivity (Wildman–Crippen MR) is 34.5 cm³/mol. The van der Waals surface area contributed by atoms with Crippen LogP contribution in [-0.4, -0.2) is 79.0 Å². The van der Waals surface area contributed by atoms with E-state index in [1.807, 2.05) is 0 Å². The van der Waals surface area contributed by atoms with Gasteiger partial charge >= 0.3 is 79.0 Å². The van der Waals surface area contributed by atoms with Crippen molar-refractivity contribution >= 4 is 97.1 Å². The summed E-state index contributed by atoms with van der Waals surface area (Å²) in [7, 11) is 9.81. The van der Waals surface area contributed by atoms with Gasteiger partial charge in [-0.2, -0.15) is 0 Å². The molecule has 5 heteroatoms. The fourth-order valence-electron chi connectivity index (χ4n) is 0. The molecule has 0 unspecified atom stereocenters. The quantitative estimate of drug-likeness (QED) is 0.409. The third-order valence-corrected chi connectivity index (χ3v) is 0. The first-order valence-corrected chi connectivity index (χ1v) is 4.81. The molecule has 5 heavy (non-hydrogen) atoms. The average Bonchev–Trinajstić information content (AvgIpc) is 0.918. The summed E-state index contributed by atoms with van der Waals surface area (Å²) in [6.45, 7) is 0. The van der Waals surface area contributed by atoms with E-state index in [4.69, 9.17) is 18.1 Å². The number of halogens is 2. The van der Waals surface area contributed by atoms with Crippen LogP contribution in [0.1, 0.15) is 0 Å². The molecule has 0 aromatic carbocycles. The van der Waals surface area contributed by atoms with Crippen molar-refractivity contribution < 1.29 is 0 Å². The minimum atomic E-state index is -0.639. The van der Waals surface area contributed by atoms with Gasteiger partial charge in [0.2, 0.25) is 0 Å². The first-order chi connectivity index (χ1) is 1.41. The summed E-state index contributed by atoms with van der Waals surface area (Å²) in [5.74, 6) is 0. The molecule has 0 bridgehead atoms. The molecule has 0 saturated heterocycles. The van der Waals surface area contributed by atoms with Crippen LogP contribution in [0.2, 0.25) is 0 Å². The van der Waals surface area contributed by atoms with E-state index in [1.165, 1.54) is 0 Å². The van der Waals surface area contributed by atoms with Crippen molar-refractivity contribution in [3.63, 3.8) is 0 Å². The molecule has 0 saturated carbocycles. The molecule has 0 spiro atoms. The van der Waals surface area contributed by atoms with E-state index in [-0.39, 0.29) is 60.8 Å². The molecule has 0 heterocycles. The molecule has 0 radical (unpaired) electrons. The van der Waals surface area contributed by atoms with E-state index >= 15 is 0 Å². The molecule has 0 N–H and O–H groups in total. The van der Waals surface area contributed by atoms with Crippen LogP contribution in [-0.2, 0) is 0 Å². The maximum absolute atomic E-state index is 4.90. The zero-order valence-electron chi connectivity index (χ0n) is 1.46. The van der Waals surface area contributed by atoms with Gasteiger partial charge in [-0.3, -0.25) is 0 Å². The third kappa shape index (κ3) is 18.7. The Bertz CT molecular complexity index is 7.61. The Labute approximate surface area is 94.8 Å². The monoisotopic (exact) mass is 162 g/mol. The van der Waals surface area contributed by atoms with Crippen molar-refractivity contribution in [3.05, 3.63) is 0 Å². The first-order valence-electron chi connectivity index (χ1n) is 0.535. The fraction of sp³-hybridized carbons (Fsp3) is 0. The van der Waals surface area contributed by atoms with Crippen molar-refractivity contribution in [1.82, 2.24) is 0 Å². The van der Waals surface area contributed by atoms with Crippen LogP contribution in [0.15, 0.2) is 0 Å². The molecule has 0 aliphatic rings. The van der Waals surface area contributed by atoms with E-state index in [2.05, 4.69) is 0 Å². The Hall–Kier alpha value is 3.37. The second-order valence-corrected chi connectivity index (χ2v) is 2.73. The Balaban J connectivity index is -0.0000000200. The van der Waals surface area contributed by atoms with Crippen molar-refractivity contribution in [2.75, 3.05) is 0 Å². The van der Waals surface area contributed by atoms with Gasteiger partial charge in [-0.05, 0) is 0 Å². The third-order valence-electron chi connectivity index (χ3n) is 0. The minimum Gasteiger partial charge on any atom is -0.309 e. The Morgan fingerprint density at radius 2 is 1.20 bits per heavy atom. The van der Waals surface area contributed by atoms with E-state index < -0.39 is 18.2 Å². The van der Waals surface area contributed by atoms with Gasteiger partial charge in [0.1, 0.15) is 0 Å². The van der Waals surface area contributed by atoms with Crippen molar-refractivity contribution in [2.45, 2.75) is 0 Å². The number of rotatable bonds is 0. The Morgan fingerprint density at radius 1 is 1.20 bits per heavy atom. The van der Waals surface area contributed by atoms with Crippen LogP contribution < -0.4 is 0 Å². The number of hydrogen-bond donors (Lipinski definition) is 0. The summed E-state index contributed by atoms with van der Waals surface area (Å²) in [5.41, 5.74) is 0. The molecule has 0 rings (SSSR count). The smallest absolute Gasteiger partial charge is 0.309 e. The van der Waals surface area contributed by atoms with Crippen LogP contribution in [0.25, 0.3) is 0 Å². The van der Waals surface area contributed by atoms with Gasteiger partial charge in [0.15, 0.2) is 0 Å². The first kappa shape index (κ1) is 15.8. The van der Waals surface area contributed by atoms with Crippen molar-refractivity contribution in [1.29, 1.82) is 0 Å². The maximum Gasteiger partial charge on any atom is 0.618 e. The predicted octanol–water partition coefficient (Wildman–Crippen LogP) is -0.834. The van der Waals surface area contributed by atoms with Gasteiger partial charge in [0.25, 0.3) is 0 Å². The number of hydrogen-bond acceptors (Lipinski definition) is 0. The zero-order chi connectivity index (χ0) is 2.71. The minimum absolute atomic E-state index is 0. The second kappa shape index (κ2) is 15.7. The zero-order valence-corrected chi connectivity index (χ0v) is 4.39. The normalized spacial score (nSPS) is 2.00.